The Labute approximate surface area is 86.8 Å². The summed E-state index contributed by atoms with van der Waals surface area (Å²) in [5.74, 6) is 0.00146. The summed E-state index contributed by atoms with van der Waals surface area (Å²) in [6.45, 7) is 7.87. The molecule has 0 aliphatic rings. The Balaban J connectivity index is 4.01. The van der Waals surface area contributed by atoms with Gasteiger partial charge in [0.25, 0.3) is 0 Å². The third-order valence-electron chi connectivity index (χ3n) is 2.13. The van der Waals surface area contributed by atoms with Crippen molar-refractivity contribution in [1.82, 2.24) is 0 Å². The predicted octanol–water partition coefficient (Wildman–Crippen LogP) is 2.59. The van der Waals surface area contributed by atoms with Gasteiger partial charge in [0.15, 0.2) is 0 Å². The van der Waals surface area contributed by atoms with Gasteiger partial charge in [-0.25, -0.2) is 0 Å². The number of rotatable bonds is 6. The fourth-order valence-corrected chi connectivity index (χ4v) is 1.24. The first-order valence-corrected chi connectivity index (χ1v) is 5.26. The van der Waals surface area contributed by atoms with Gasteiger partial charge < -0.3 is 9.47 Å². The quantitative estimate of drug-likeness (QED) is 0.490. The lowest BCUT2D eigenvalue weighted by atomic mass is 10.1. The van der Waals surface area contributed by atoms with Crippen molar-refractivity contribution in [3.8, 4) is 0 Å². The van der Waals surface area contributed by atoms with Gasteiger partial charge in [0.05, 0.1) is 5.92 Å². The highest BCUT2D eigenvalue weighted by molar-refractivity contribution is 5.72. The van der Waals surface area contributed by atoms with Crippen LogP contribution in [0, 0.1) is 11.8 Å². The molecule has 0 saturated carbocycles. The number of hydrogen-bond acceptors (Lipinski definition) is 3. The zero-order valence-corrected chi connectivity index (χ0v) is 9.87. The minimum atomic E-state index is -0.415. The molecule has 0 spiro atoms. The van der Waals surface area contributed by atoms with Crippen molar-refractivity contribution in [2.45, 2.75) is 46.8 Å². The summed E-state index contributed by atoms with van der Waals surface area (Å²) < 4.78 is 10.3. The standard InChI is InChI=1S/C11H22O3/c1-6-7-9(4)10(12)14-11(13-5)8(2)3/h8-9,11H,6-7H2,1-5H3. The van der Waals surface area contributed by atoms with Crippen LogP contribution >= 0.6 is 0 Å². The molecule has 0 aliphatic carbocycles. The molecule has 0 aromatic carbocycles. The van der Waals surface area contributed by atoms with Crippen LogP contribution in [0.1, 0.15) is 40.5 Å². The Morgan fingerprint density at radius 1 is 1.29 bits per heavy atom. The molecule has 14 heavy (non-hydrogen) atoms. The summed E-state index contributed by atoms with van der Waals surface area (Å²) >= 11 is 0. The largest absolute Gasteiger partial charge is 0.435 e. The first-order chi connectivity index (χ1) is 6.52. The monoisotopic (exact) mass is 202 g/mol. The molecule has 3 heteroatoms. The molecule has 0 saturated heterocycles. The molecule has 0 rings (SSSR count). The first-order valence-electron chi connectivity index (χ1n) is 5.26. The van der Waals surface area contributed by atoms with Gasteiger partial charge in [0.2, 0.25) is 6.29 Å². The zero-order valence-electron chi connectivity index (χ0n) is 9.87. The number of carbonyl (C=O) groups is 1. The van der Waals surface area contributed by atoms with E-state index >= 15 is 0 Å². The van der Waals surface area contributed by atoms with E-state index < -0.39 is 6.29 Å². The van der Waals surface area contributed by atoms with Crippen LogP contribution in [0.2, 0.25) is 0 Å². The maximum atomic E-state index is 11.5. The zero-order chi connectivity index (χ0) is 11.1. The highest BCUT2D eigenvalue weighted by Gasteiger charge is 2.21. The molecule has 0 fully saturated rings. The summed E-state index contributed by atoms with van der Waals surface area (Å²) in [4.78, 5) is 11.5. The Kier molecular flexibility index (Phi) is 6.54. The van der Waals surface area contributed by atoms with Gasteiger partial charge >= 0.3 is 5.97 Å². The molecule has 2 unspecified atom stereocenters. The molecule has 3 nitrogen and oxygen atoms in total. The number of ether oxygens (including phenoxy) is 2. The fraction of sp³-hybridized carbons (Fsp3) is 0.909. The molecule has 0 aromatic heterocycles. The van der Waals surface area contributed by atoms with Crippen molar-refractivity contribution in [3.63, 3.8) is 0 Å². The van der Waals surface area contributed by atoms with Gasteiger partial charge in [-0.2, -0.15) is 0 Å². The van der Waals surface area contributed by atoms with Crippen molar-refractivity contribution in [3.05, 3.63) is 0 Å². The van der Waals surface area contributed by atoms with Crippen molar-refractivity contribution < 1.29 is 14.3 Å². The smallest absolute Gasteiger partial charge is 0.310 e. The molecular weight excluding hydrogens is 180 g/mol. The van der Waals surface area contributed by atoms with Crippen molar-refractivity contribution in [2.75, 3.05) is 7.11 Å². The Morgan fingerprint density at radius 3 is 2.21 bits per heavy atom. The molecule has 84 valence electrons. The topological polar surface area (TPSA) is 35.5 Å². The van der Waals surface area contributed by atoms with E-state index in [-0.39, 0.29) is 17.8 Å². The summed E-state index contributed by atoms with van der Waals surface area (Å²) in [6, 6.07) is 0. The van der Waals surface area contributed by atoms with Gasteiger partial charge in [-0.3, -0.25) is 4.79 Å². The molecule has 2 atom stereocenters. The van der Waals surface area contributed by atoms with Gasteiger partial charge in [0.1, 0.15) is 0 Å². The van der Waals surface area contributed by atoms with Crippen LogP contribution in [-0.4, -0.2) is 19.4 Å². The summed E-state index contributed by atoms with van der Waals surface area (Å²) in [6.07, 6.45) is 1.45. The second-order valence-corrected chi connectivity index (χ2v) is 3.97. The van der Waals surface area contributed by atoms with Crippen LogP contribution in [0.25, 0.3) is 0 Å². The highest BCUT2D eigenvalue weighted by Crippen LogP contribution is 2.13. The van der Waals surface area contributed by atoms with E-state index in [4.69, 9.17) is 9.47 Å². The lowest BCUT2D eigenvalue weighted by Gasteiger charge is -2.21. The average Bonchev–Trinajstić information content (AvgIpc) is 2.13. The molecule has 0 aliphatic heterocycles. The maximum absolute atomic E-state index is 11.5. The molecule has 0 heterocycles. The third kappa shape index (κ3) is 4.61. The van der Waals surface area contributed by atoms with Gasteiger partial charge in [0, 0.05) is 13.0 Å². The van der Waals surface area contributed by atoms with E-state index in [1.165, 1.54) is 0 Å². The second-order valence-electron chi connectivity index (χ2n) is 3.97. The van der Waals surface area contributed by atoms with E-state index in [0.29, 0.717) is 0 Å². The average molecular weight is 202 g/mol. The van der Waals surface area contributed by atoms with E-state index in [1.54, 1.807) is 7.11 Å². The SMILES string of the molecule is CCCC(C)C(=O)OC(OC)C(C)C. The van der Waals surface area contributed by atoms with Crippen molar-refractivity contribution in [1.29, 1.82) is 0 Å². The normalized spacial score (nSPS) is 15.3. The predicted molar refractivity (Wildman–Crippen MR) is 55.8 cm³/mol. The van der Waals surface area contributed by atoms with E-state index in [1.807, 2.05) is 20.8 Å². The lowest BCUT2D eigenvalue weighted by Crippen LogP contribution is -2.28. The number of carbonyl (C=O) groups excluding carboxylic acids is 1. The molecule has 0 N–H and O–H groups in total. The second kappa shape index (κ2) is 6.82. The molecule has 0 amide bonds. The minimum absolute atomic E-state index is 0.0311. The van der Waals surface area contributed by atoms with Gasteiger partial charge in [-0.15, -0.1) is 0 Å². The molecule has 0 aromatic rings. The first kappa shape index (κ1) is 13.4. The van der Waals surface area contributed by atoms with Crippen LogP contribution in [0.3, 0.4) is 0 Å². The Bertz CT molecular complexity index is 166. The molecule has 0 bridgehead atoms. The van der Waals surface area contributed by atoms with Crippen LogP contribution in [0.4, 0.5) is 0 Å². The van der Waals surface area contributed by atoms with Crippen LogP contribution in [0.5, 0.6) is 0 Å². The number of esters is 1. The molecule has 0 radical (unpaired) electrons. The highest BCUT2D eigenvalue weighted by atomic mass is 16.7. The van der Waals surface area contributed by atoms with E-state index in [2.05, 4.69) is 6.92 Å². The maximum Gasteiger partial charge on any atom is 0.310 e. The molecular formula is C11H22O3. The van der Waals surface area contributed by atoms with E-state index in [0.717, 1.165) is 12.8 Å². The number of methoxy groups -OCH3 is 1. The fourth-order valence-electron chi connectivity index (χ4n) is 1.24. The van der Waals surface area contributed by atoms with Gasteiger partial charge in [-0.1, -0.05) is 34.1 Å². The van der Waals surface area contributed by atoms with Crippen LogP contribution in [0.15, 0.2) is 0 Å². The summed E-state index contributed by atoms with van der Waals surface area (Å²) in [7, 11) is 1.56. The number of hydrogen-bond donors (Lipinski definition) is 0. The van der Waals surface area contributed by atoms with Crippen LogP contribution in [-0.2, 0) is 14.3 Å². The Hall–Kier alpha value is -0.570. The minimum Gasteiger partial charge on any atom is -0.435 e. The van der Waals surface area contributed by atoms with Crippen LogP contribution < -0.4 is 0 Å². The van der Waals surface area contributed by atoms with Gasteiger partial charge in [-0.05, 0) is 6.42 Å². The third-order valence-corrected chi connectivity index (χ3v) is 2.13. The van der Waals surface area contributed by atoms with Crippen molar-refractivity contribution in [2.24, 2.45) is 11.8 Å². The van der Waals surface area contributed by atoms with E-state index in [9.17, 15) is 4.79 Å². The summed E-state index contributed by atoms with van der Waals surface area (Å²) in [5.41, 5.74) is 0. The van der Waals surface area contributed by atoms with Crippen molar-refractivity contribution >= 4 is 5.97 Å². The Morgan fingerprint density at radius 2 is 1.86 bits per heavy atom. The lowest BCUT2D eigenvalue weighted by molar-refractivity contribution is -0.186. The summed E-state index contributed by atoms with van der Waals surface area (Å²) in [5, 5.41) is 0.